The number of amides is 1. The van der Waals surface area contributed by atoms with Crippen molar-refractivity contribution in [2.45, 2.75) is 25.9 Å². The number of carbonyl (C=O) groups is 1. The summed E-state index contributed by atoms with van der Waals surface area (Å²) < 4.78 is 5.88. The highest BCUT2D eigenvalue weighted by Gasteiger charge is 2.26. The van der Waals surface area contributed by atoms with Gasteiger partial charge in [0.05, 0.1) is 24.2 Å². The van der Waals surface area contributed by atoms with Crippen LogP contribution >= 0.6 is 11.6 Å². The highest BCUT2D eigenvalue weighted by Crippen LogP contribution is 2.25. The topological polar surface area (TPSA) is 94.2 Å². The second kappa shape index (κ2) is 8.31. The van der Waals surface area contributed by atoms with Gasteiger partial charge in [0.25, 0.3) is 0 Å². The first-order valence-corrected chi connectivity index (χ1v) is 9.92. The van der Waals surface area contributed by atoms with Crippen LogP contribution < -0.4 is 5.73 Å². The lowest BCUT2D eigenvalue weighted by molar-refractivity contribution is -0.139. The average molecular weight is 412 g/mol. The van der Waals surface area contributed by atoms with E-state index in [0.717, 1.165) is 11.3 Å². The van der Waals surface area contributed by atoms with Crippen LogP contribution in [0.1, 0.15) is 29.6 Å². The van der Waals surface area contributed by atoms with E-state index in [0.29, 0.717) is 60.2 Å². The number of rotatable bonds is 4. The molecule has 1 fully saturated rings. The lowest BCUT2D eigenvalue weighted by atomic mass is 10.1. The third kappa shape index (κ3) is 4.46. The lowest BCUT2D eigenvalue weighted by Gasteiger charge is -2.32. The van der Waals surface area contributed by atoms with Gasteiger partial charge in [-0.2, -0.15) is 0 Å². The molecule has 0 saturated carbocycles. The number of benzene rings is 1. The summed E-state index contributed by atoms with van der Waals surface area (Å²) in [6.45, 7) is 3.29. The van der Waals surface area contributed by atoms with Gasteiger partial charge in [-0.1, -0.05) is 23.7 Å². The van der Waals surface area contributed by atoms with Gasteiger partial charge >= 0.3 is 0 Å². The minimum atomic E-state index is -0.292. The summed E-state index contributed by atoms with van der Waals surface area (Å²) >= 11 is 6.02. The number of ether oxygens (including phenoxy) is 1. The molecule has 1 amide bonds. The number of anilines is 1. The Morgan fingerprint density at radius 3 is 2.97 bits per heavy atom. The number of morpholine rings is 1. The second-order valence-corrected chi connectivity index (χ2v) is 7.53. The molecule has 0 aliphatic carbocycles. The maximum atomic E-state index is 12.7. The van der Waals surface area contributed by atoms with E-state index in [1.165, 1.54) is 0 Å². The smallest absolute Gasteiger partial charge is 0.223 e. The van der Waals surface area contributed by atoms with E-state index in [2.05, 4.69) is 15.0 Å². The largest absolute Gasteiger partial charge is 0.383 e. The van der Waals surface area contributed by atoms with Gasteiger partial charge in [-0.3, -0.25) is 4.79 Å². The fourth-order valence-electron chi connectivity index (χ4n) is 3.50. The number of carbonyl (C=O) groups excluding carboxylic acids is 1. The van der Waals surface area contributed by atoms with Crippen molar-refractivity contribution in [2.75, 3.05) is 25.4 Å². The number of hydrogen-bond donors (Lipinski definition) is 1. The standard InChI is InChI=1S/C21H22ClN5O2/c1-13-24-20(23)16-6-7-17(26-21(16)25-13)18-12-27(9-10-29-18)19(28)8-5-14-3-2-4-15(22)11-14/h2-4,6-7,11,18H,5,8-10,12H2,1H3,(H2,23,24,25,26)/t18-/m0/s1. The molecular formula is C21H22ClN5O2. The Morgan fingerprint density at radius 1 is 1.28 bits per heavy atom. The molecule has 1 saturated heterocycles. The van der Waals surface area contributed by atoms with Gasteiger partial charge in [0.15, 0.2) is 5.65 Å². The monoisotopic (exact) mass is 411 g/mol. The summed E-state index contributed by atoms with van der Waals surface area (Å²) in [7, 11) is 0. The van der Waals surface area contributed by atoms with Crippen LogP contribution in [0.2, 0.25) is 5.02 Å². The van der Waals surface area contributed by atoms with E-state index in [4.69, 9.17) is 22.1 Å². The fourth-order valence-corrected chi connectivity index (χ4v) is 3.71. The molecule has 1 atom stereocenters. The SMILES string of the molecule is Cc1nc(N)c2ccc([C@@H]3CN(C(=O)CCc4cccc(Cl)c4)CCO3)nc2n1. The van der Waals surface area contributed by atoms with E-state index >= 15 is 0 Å². The van der Waals surface area contributed by atoms with Crippen LogP contribution in [0.5, 0.6) is 0 Å². The van der Waals surface area contributed by atoms with E-state index in [-0.39, 0.29) is 12.0 Å². The van der Waals surface area contributed by atoms with Gasteiger partial charge in [0, 0.05) is 18.0 Å². The molecule has 1 aliphatic heterocycles. The molecule has 3 aromatic rings. The van der Waals surface area contributed by atoms with Crippen LogP contribution in [0, 0.1) is 6.92 Å². The Hall–Kier alpha value is -2.77. The molecule has 0 unspecified atom stereocenters. The molecule has 29 heavy (non-hydrogen) atoms. The summed E-state index contributed by atoms with van der Waals surface area (Å²) in [5, 5.41) is 1.40. The van der Waals surface area contributed by atoms with Crippen LogP contribution in [0.4, 0.5) is 5.82 Å². The lowest BCUT2D eigenvalue weighted by Crippen LogP contribution is -2.42. The molecule has 0 radical (unpaired) electrons. The second-order valence-electron chi connectivity index (χ2n) is 7.09. The Kier molecular flexibility index (Phi) is 5.60. The van der Waals surface area contributed by atoms with E-state index in [9.17, 15) is 4.79 Å². The predicted octanol–water partition coefficient (Wildman–Crippen LogP) is 3.10. The van der Waals surface area contributed by atoms with Crippen LogP contribution in [0.3, 0.4) is 0 Å². The van der Waals surface area contributed by atoms with Gasteiger partial charge in [0.2, 0.25) is 5.91 Å². The molecule has 0 spiro atoms. The Labute approximate surface area is 173 Å². The van der Waals surface area contributed by atoms with Crippen LogP contribution in [0.15, 0.2) is 36.4 Å². The van der Waals surface area contributed by atoms with Gasteiger partial charge < -0.3 is 15.4 Å². The Balaban J connectivity index is 1.45. The van der Waals surface area contributed by atoms with Gasteiger partial charge in [0.1, 0.15) is 17.7 Å². The molecule has 2 N–H and O–H groups in total. The van der Waals surface area contributed by atoms with Crippen LogP contribution in [-0.2, 0) is 16.0 Å². The molecule has 1 aromatic carbocycles. The van der Waals surface area contributed by atoms with E-state index in [1.807, 2.05) is 41.3 Å². The number of fused-ring (bicyclic) bond motifs is 1. The van der Waals surface area contributed by atoms with Crippen LogP contribution in [-0.4, -0.2) is 45.5 Å². The number of aryl methyl sites for hydroxylation is 2. The third-order valence-corrected chi connectivity index (χ3v) is 5.22. The predicted molar refractivity (Wildman–Crippen MR) is 112 cm³/mol. The first kappa shape index (κ1) is 19.5. The number of nitrogen functional groups attached to an aromatic ring is 1. The van der Waals surface area contributed by atoms with Crippen molar-refractivity contribution >= 4 is 34.4 Å². The molecule has 0 bridgehead atoms. The van der Waals surface area contributed by atoms with Crippen molar-refractivity contribution in [1.82, 2.24) is 19.9 Å². The maximum absolute atomic E-state index is 12.7. The number of aromatic nitrogens is 3. The van der Waals surface area contributed by atoms with Gasteiger partial charge in [-0.05, 0) is 43.2 Å². The van der Waals surface area contributed by atoms with Crippen molar-refractivity contribution in [3.05, 3.63) is 58.5 Å². The minimum Gasteiger partial charge on any atom is -0.383 e. The number of halogens is 1. The van der Waals surface area contributed by atoms with Crippen molar-refractivity contribution < 1.29 is 9.53 Å². The summed E-state index contributed by atoms with van der Waals surface area (Å²) in [5.74, 6) is 1.08. The molecule has 1 aliphatic rings. The molecule has 150 valence electrons. The highest BCUT2D eigenvalue weighted by molar-refractivity contribution is 6.30. The Bertz CT molecular complexity index is 1060. The number of nitrogens with zero attached hydrogens (tertiary/aromatic N) is 4. The number of hydrogen-bond acceptors (Lipinski definition) is 6. The normalized spacial score (nSPS) is 16.9. The summed E-state index contributed by atoms with van der Waals surface area (Å²) in [4.78, 5) is 27.7. The van der Waals surface area contributed by atoms with Gasteiger partial charge in [-0.25, -0.2) is 15.0 Å². The molecule has 8 heteroatoms. The quantitative estimate of drug-likeness (QED) is 0.708. The molecular weight excluding hydrogens is 390 g/mol. The summed E-state index contributed by atoms with van der Waals surface area (Å²) in [5.41, 5.74) is 8.29. The van der Waals surface area contributed by atoms with Crippen molar-refractivity contribution in [1.29, 1.82) is 0 Å². The number of nitrogens with two attached hydrogens (primary N) is 1. The average Bonchev–Trinajstić information content (AvgIpc) is 2.71. The number of pyridine rings is 1. The van der Waals surface area contributed by atoms with Crippen molar-refractivity contribution in [3.8, 4) is 0 Å². The minimum absolute atomic E-state index is 0.0986. The molecule has 3 heterocycles. The first-order chi connectivity index (χ1) is 14.0. The zero-order valence-electron chi connectivity index (χ0n) is 16.1. The maximum Gasteiger partial charge on any atom is 0.223 e. The summed E-state index contributed by atoms with van der Waals surface area (Å²) in [6, 6.07) is 11.3. The zero-order valence-corrected chi connectivity index (χ0v) is 16.9. The fraction of sp³-hybridized carbons (Fsp3) is 0.333. The van der Waals surface area contributed by atoms with Gasteiger partial charge in [-0.15, -0.1) is 0 Å². The van der Waals surface area contributed by atoms with Crippen molar-refractivity contribution in [3.63, 3.8) is 0 Å². The summed E-state index contributed by atoms with van der Waals surface area (Å²) in [6.07, 6.45) is 0.798. The molecule has 7 nitrogen and oxygen atoms in total. The van der Waals surface area contributed by atoms with Crippen molar-refractivity contribution in [2.24, 2.45) is 0 Å². The highest BCUT2D eigenvalue weighted by atomic mass is 35.5. The van der Waals surface area contributed by atoms with E-state index in [1.54, 1.807) is 6.92 Å². The third-order valence-electron chi connectivity index (χ3n) is 4.99. The molecule has 2 aromatic heterocycles. The first-order valence-electron chi connectivity index (χ1n) is 9.54. The zero-order chi connectivity index (χ0) is 20.4. The molecule has 4 rings (SSSR count). The Morgan fingerprint density at radius 2 is 2.14 bits per heavy atom. The van der Waals surface area contributed by atoms with E-state index < -0.39 is 0 Å². The van der Waals surface area contributed by atoms with Crippen LogP contribution in [0.25, 0.3) is 11.0 Å².